The number of hydrogen-bond acceptors (Lipinski definition) is 4. The summed E-state index contributed by atoms with van der Waals surface area (Å²) in [7, 11) is 2.24. The molecule has 2 heterocycles. The van der Waals surface area contributed by atoms with Crippen LogP contribution in [0.25, 0.3) is 0 Å². The number of nitrogens with zero attached hydrogens (tertiary/aromatic N) is 2. The van der Waals surface area contributed by atoms with Crippen molar-refractivity contribution in [2.75, 3.05) is 53.0 Å². The summed E-state index contributed by atoms with van der Waals surface area (Å²) >= 11 is 0. The summed E-state index contributed by atoms with van der Waals surface area (Å²) < 4.78 is 5.60. The summed E-state index contributed by atoms with van der Waals surface area (Å²) in [6.45, 7) is 14.7. The summed E-state index contributed by atoms with van der Waals surface area (Å²) in [4.78, 5) is 5.15. The van der Waals surface area contributed by atoms with Gasteiger partial charge in [-0.15, -0.1) is 0 Å². The van der Waals surface area contributed by atoms with E-state index in [1.54, 1.807) is 0 Å². The number of hydrogen-bond donors (Lipinski definition) is 1. The van der Waals surface area contributed by atoms with Gasteiger partial charge in [-0.3, -0.25) is 4.90 Å². The van der Waals surface area contributed by atoms with Gasteiger partial charge in [0.15, 0.2) is 0 Å². The van der Waals surface area contributed by atoms with Gasteiger partial charge in [0.2, 0.25) is 0 Å². The van der Waals surface area contributed by atoms with E-state index in [9.17, 15) is 0 Å². The molecule has 0 saturated carbocycles. The lowest BCUT2D eigenvalue weighted by atomic mass is 9.79. The molecule has 1 N–H and O–H groups in total. The fraction of sp³-hybridized carbons (Fsp3) is 1.00. The first-order valence-corrected chi connectivity index (χ1v) is 8.24. The van der Waals surface area contributed by atoms with Crippen molar-refractivity contribution in [1.82, 2.24) is 15.1 Å². The maximum Gasteiger partial charge on any atom is 0.0472 e. The molecule has 0 aromatic heterocycles. The van der Waals surface area contributed by atoms with E-state index >= 15 is 0 Å². The smallest absolute Gasteiger partial charge is 0.0472 e. The molecule has 118 valence electrons. The van der Waals surface area contributed by atoms with E-state index in [0.717, 1.165) is 19.8 Å². The predicted octanol–water partition coefficient (Wildman–Crippen LogP) is 1.42. The Morgan fingerprint density at radius 3 is 2.55 bits per heavy atom. The summed E-state index contributed by atoms with van der Waals surface area (Å²) in [5, 5.41) is 3.67. The van der Waals surface area contributed by atoms with Crippen molar-refractivity contribution in [3.05, 3.63) is 0 Å². The average molecular weight is 283 g/mol. The summed E-state index contributed by atoms with van der Waals surface area (Å²) in [6.07, 6.45) is 2.40. The van der Waals surface area contributed by atoms with Crippen LogP contribution in [-0.2, 0) is 4.74 Å². The van der Waals surface area contributed by atoms with Crippen molar-refractivity contribution < 1.29 is 4.74 Å². The number of nitrogens with one attached hydrogen (secondary N) is 1. The number of rotatable bonds is 5. The zero-order valence-electron chi connectivity index (χ0n) is 13.8. The van der Waals surface area contributed by atoms with Crippen LogP contribution in [0.15, 0.2) is 0 Å². The highest BCUT2D eigenvalue weighted by Gasteiger charge is 2.35. The molecule has 2 saturated heterocycles. The molecule has 0 spiro atoms. The van der Waals surface area contributed by atoms with Gasteiger partial charge in [-0.25, -0.2) is 0 Å². The fourth-order valence-corrected chi connectivity index (χ4v) is 3.36. The van der Waals surface area contributed by atoms with Crippen LogP contribution in [0.5, 0.6) is 0 Å². The molecular formula is C16H33N3O. The molecule has 4 heteroatoms. The third-order valence-electron chi connectivity index (χ3n) is 5.04. The van der Waals surface area contributed by atoms with Gasteiger partial charge in [0.1, 0.15) is 0 Å². The molecule has 2 aliphatic rings. The first-order chi connectivity index (χ1) is 9.51. The minimum atomic E-state index is 0.415. The van der Waals surface area contributed by atoms with E-state index in [1.165, 1.54) is 39.0 Å². The van der Waals surface area contributed by atoms with Crippen molar-refractivity contribution >= 4 is 0 Å². The molecule has 0 aromatic carbocycles. The van der Waals surface area contributed by atoms with E-state index in [1.807, 2.05) is 0 Å². The minimum absolute atomic E-state index is 0.415. The molecule has 0 bridgehead atoms. The Hall–Kier alpha value is -0.160. The van der Waals surface area contributed by atoms with Gasteiger partial charge in [-0.1, -0.05) is 13.8 Å². The van der Waals surface area contributed by atoms with Crippen LogP contribution in [0.4, 0.5) is 0 Å². The van der Waals surface area contributed by atoms with Crippen LogP contribution in [0, 0.1) is 5.41 Å². The first kappa shape index (κ1) is 16.2. The third-order valence-corrected chi connectivity index (χ3v) is 5.04. The molecular weight excluding hydrogens is 250 g/mol. The molecule has 1 unspecified atom stereocenters. The Balaban J connectivity index is 1.93. The van der Waals surface area contributed by atoms with E-state index in [4.69, 9.17) is 4.74 Å². The second-order valence-electron chi connectivity index (χ2n) is 7.21. The maximum atomic E-state index is 5.60. The molecule has 0 radical (unpaired) electrons. The highest BCUT2D eigenvalue weighted by atomic mass is 16.5. The largest absolute Gasteiger partial charge is 0.381 e. The molecule has 2 rings (SSSR count). The molecule has 1 atom stereocenters. The summed E-state index contributed by atoms with van der Waals surface area (Å²) in [5.74, 6) is 0. The van der Waals surface area contributed by atoms with Crippen LogP contribution in [0.2, 0.25) is 0 Å². The first-order valence-electron chi connectivity index (χ1n) is 8.24. The Bertz CT molecular complexity index is 289. The van der Waals surface area contributed by atoms with Crippen LogP contribution >= 0.6 is 0 Å². The monoisotopic (exact) mass is 283 g/mol. The molecule has 0 aliphatic carbocycles. The Morgan fingerprint density at radius 1 is 1.25 bits per heavy atom. The average Bonchev–Trinajstić information content (AvgIpc) is 2.42. The van der Waals surface area contributed by atoms with Crippen LogP contribution in [-0.4, -0.2) is 74.9 Å². The molecule has 0 aromatic rings. The normalized spacial score (nSPS) is 28.9. The molecule has 4 nitrogen and oxygen atoms in total. The lowest BCUT2D eigenvalue weighted by Crippen LogP contribution is -2.55. The van der Waals surface area contributed by atoms with Crippen molar-refractivity contribution in [3.63, 3.8) is 0 Å². The van der Waals surface area contributed by atoms with Gasteiger partial charge in [-0.05, 0) is 32.2 Å². The van der Waals surface area contributed by atoms with E-state index in [-0.39, 0.29) is 0 Å². The predicted molar refractivity (Wildman–Crippen MR) is 84.2 cm³/mol. The topological polar surface area (TPSA) is 27.7 Å². The van der Waals surface area contributed by atoms with E-state index in [0.29, 0.717) is 17.5 Å². The van der Waals surface area contributed by atoms with Crippen LogP contribution < -0.4 is 5.32 Å². The second kappa shape index (κ2) is 7.21. The molecule has 2 aliphatic heterocycles. The molecule has 2 fully saturated rings. The zero-order valence-corrected chi connectivity index (χ0v) is 13.8. The van der Waals surface area contributed by atoms with Gasteiger partial charge in [-0.2, -0.15) is 0 Å². The highest BCUT2D eigenvalue weighted by Crippen LogP contribution is 2.31. The standard InChI is InChI=1S/C16H33N3O/c1-14(2)17-12-16(5-9-20-10-6-16)13-19-8-7-18(4)15(3)11-19/h14-15,17H,5-13H2,1-4H3. The highest BCUT2D eigenvalue weighted by molar-refractivity contribution is 4.90. The van der Waals surface area contributed by atoms with E-state index in [2.05, 4.69) is 42.9 Å². The van der Waals surface area contributed by atoms with E-state index < -0.39 is 0 Å². The number of piperazine rings is 1. The molecule has 0 amide bonds. The Labute approximate surface area is 124 Å². The Morgan fingerprint density at radius 2 is 1.95 bits per heavy atom. The Kier molecular flexibility index (Phi) is 5.84. The van der Waals surface area contributed by atoms with Crippen molar-refractivity contribution in [2.24, 2.45) is 5.41 Å². The van der Waals surface area contributed by atoms with Gasteiger partial charge in [0.05, 0.1) is 0 Å². The summed E-state index contributed by atoms with van der Waals surface area (Å²) in [5.41, 5.74) is 0.415. The lowest BCUT2D eigenvalue weighted by molar-refractivity contribution is -0.0172. The third kappa shape index (κ3) is 4.42. The van der Waals surface area contributed by atoms with Crippen molar-refractivity contribution in [1.29, 1.82) is 0 Å². The van der Waals surface area contributed by atoms with Gasteiger partial charge >= 0.3 is 0 Å². The SMILES string of the molecule is CC(C)NCC1(CN2CCN(C)C(C)C2)CCOCC1. The zero-order chi connectivity index (χ0) is 14.6. The lowest BCUT2D eigenvalue weighted by Gasteiger charge is -2.45. The van der Waals surface area contributed by atoms with Crippen LogP contribution in [0.1, 0.15) is 33.6 Å². The van der Waals surface area contributed by atoms with Gasteiger partial charge in [0.25, 0.3) is 0 Å². The fourth-order valence-electron chi connectivity index (χ4n) is 3.36. The van der Waals surface area contributed by atoms with Crippen molar-refractivity contribution in [2.45, 2.75) is 45.7 Å². The number of likely N-dealkylation sites (N-methyl/N-ethyl adjacent to an activating group) is 1. The van der Waals surface area contributed by atoms with Gasteiger partial charge < -0.3 is 15.0 Å². The van der Waals surface area contributed by atoms with Crippen molar-refractivity contribution in [3.8, 4) is 0 Å². The maximum absolute atomic E-state index is 5.60. The minimum Gasteiger partial charge on any atom is -0.381 e. The van der Waals surface area contributed by atoms with Gasteiger partial charge in [0, 0.05) is 58.0 Å². The molecule has 20 heavy (non-hydrogen) atoms. The summed E-state index contributed by atoms with van der Waals surface area (Å²) in [6, 6.07) is 1.25. The van der Waals surface area contributed by atoms with Crippen LogP contribution in [0.3, 0.4) is 0 Å². The number of ether oxygens (including phenoxy) is 1. The second-order valence-corrected chi connectivity index (χ2v) is 7.21. The quantitative estimate of drug-likeness (QED) is 0.826.